The third-order valence-corrected chi connectivity index (χ3v) is 4.73. The lowest BCUT2D eigenvalue weighted by Crippen LogP contribution is -3.00. The van der Waals surface area contributed by atoms with Crippen molar-refractivity contribution >= 4 is 0 Å². The summed E-state index contributed by atoms with van der Waals surface area (Å²) in [4.78, 5) is 0. The summed E-state index contributed by atoms with van der Waals surface area (Å²) in [6.07, 6.45) is 5.69. The fourth-order valence-electron chi connectivity index (χ4n) is 3.87. The highest BCUT2D eigenvalue weighted by molar-refractivity contribution is 5.28. The molecule has 0 bridgehead atoms. The number of piperidine rings is 1. The molecule has 1 nitrogen and oxygen atoms in total. The Morgan fingerprint density at radius 1 is 1.12 bits per heavy atom. The molecule has 2 heterocycles. The summed E-state index contributed by atoms with van der Waals surface area (Å²) in [6.45, 7) is 6.38. The van der Waals surface area contributed by atoms with Gasteiger partial charge in [0.05, 0.1) is 12.6 Å². The lowest BCUT2D eigenvalue weighted by atomic mass is 9.97. The highest BCUT2D eigenvalue weighted by Gasteiger charge is 2.42. The largest absolute Gasteiger partial charge is 1.00 e. The Bertz CT molecular complexity index is 363. The Morgan fingerprint density at radius 3 is 2.35 bits per heavy atom. The third-order valence-electron chi connectivity index (χ3n) is 4.73. The second kappa shape index (κ2) is 5.11. The van der Waals surface area contributed by atoms with Crippen LogP contribution in [0.3, 0.4) is 0 Å². The van der Waals surface area contributed by atoms with Crippen LogP contribution in [0.1, 0.15) is 43.7 Å². The van der Waals surface area contributed by atoms with E-state index >= 15 is 0 Å². The van der Waals surface area contributed by atoms with Gasteiger partial charge in [0.2, 0.25) is 0 Å². The molecule has 1 atom stereocenters. The van der Waals surface area contributed by atoms with Gasteiger partial charge in [0.25, 0.3) is 0 Å². The molecule has 0 amide bonds. The van der Waals surface area contributed by atoms with Gasteiger partial charge >= 0.3 is 0 Å². The minimum atomic E-state index is 0. The average Bonchev–Trinajstić information content (AvgIpc) is 2.68. The number of benzene rings is 1. The Labute approximate surface area is 115 Å². The van der Waals surface area contributed by atoms with Gasteiger partial charge in [0.1, 0.15) is 13.1 Å². The van der Waals surface area contributed by atoms with E-state index in [-0.39, 0.29) is 17.0 Å². The van der Waals surface area contributed by atoms with Crippen LogP contribution >= 0.6 is 0 Å². The van der Waals surface area contributed by atoms with Crippen molar-refractivity contribution in [3.8, 4) is 0 Å². The van der Waals surface area contributed by atoms with E-state index in [4.69, 9.17) is 0 Å². The molecule has 1 aromatic carbocycles. The maximum Gasteiger partial charge on any atom is 0.105 e. The summed E-state index contributed by atoms with van der Waals surface area (Å²) >= 11 is 0. The molecule has 1 aromatic rings. The predicted octanol–water partition coefficient (Wildman–Crippen LogP) is 0.484. The summed E-state index contributed by atoms with van der Waals surface area (Å²) in [5, 5.41) is 0. The van der Waals surface area contributed by atoms with E-state index in [0.717, 1.165) is 6.04 Å². The molecule has 3 rings (SSSR count). The van der Waals surface area contributed by atoms with Crippen LogP contribution < -0.4 is 17.0 Å². The molecule has 0 saturated carbocycles. The fourth-order valence-corrected chi connectivity index (χ4v) is 3.87. The van der Waals surface area contributed by atoms with Crippen LogP contribution in [0.4, 0.5) is 0 Å². The molecule has 0 aromatic heterocycles. The van der Waals surface area contributed by atoms with Gasteiger partial charge < -0.3 is 21.5 Å². The molecule has 0 N–H and O–H groups in total. The highest BCUT2D eigenvalue weighted by Crippen LogP contribution is 2.38. The summed E-state index contributed by atoms with van der Waals surface area (Å²) in [5.41, 5.74) is 3.23. The molecule has 1 unspecified atom stereocenters. The van der Waals surface area contributed by atoms with E-state index in [1.54, 1.807) is 11.1 Å². The van der Waals surface area contributed by atoms with Crippen molar-refractivity contribution in [1.29, 1.82) is 0 Å². The van der Waals surface area contributed by atoms with Crippen LogP contribution in [0.25, 0.3) is 0 Å². The minimum absolute atomic E-state index is 0. The molecule has 17 heavy (non-hydrogen) atoms. The first kappa shape index (κ1) is 13.1. The summed E-state index contributed by atoms with van der Waals surface area (Å²) < 4.78 is 1.37. The van der Waals surface area contributed by atoms with Crippen LogP contribution in [0.2, 0.25) is 0 Å². The van der Waals surface area contributed by atoms with Gasteiger partial charge in [-0.2, -0.15) is 0 Å². The molecule has 1 fully saturated rings. The topological polar surface area (TPSA) is 0 Å². The molecule has 2 heteroatoms. The van der Waals surface area contributed by atoms with Crippen LogP contribution in [0.15, 0.2) is 24.3 Å². The van der Waals surface area contributed by atoms with Gasteiger partial charge in [-0.05, 0) is 25.7 Å². The van der Waals surface area contributed by atoms with Gasteiger partial charge in [0, 0.05) is 11.1 Å². The number of hydrogen-bond acceptors (Lipinski definition) is 0. The Morgan fingerprint density at radius 2 is 1.76 bits per heavy atom. The number of quaternary nitrogens is 1. The van der Waals surface area contributed by atoms with E-state index in [2.05, 4.69) is 31.2 Å². The van der Waals surface area contributed by atoms with Gasteiger partial charge in [-0.3, -0.25) is 0 Å². The molecular formula is C15H22BrN. The SMILES string of the molecule is CCC1CCCC[N+]12Cc1ccccc1C2.[Br-]. The quantitative estimate of drug-likeness (QED) is 0.662. The third kappa shape index (κ3) is 2.17. The highest BCUT2D eigenvalue weighted by atomic mass is 79.9. The number of halogens is 1. The van der Waals surface area contributed by atoms with E-state index < -0.39 is 0 Å². The number of fused-ring (bicyclic) bond motifs is 1. The van der Waals surface area contributed by atoms with Crippen molar-refractivity contribution in [2.45, 2.75) is 51.7 Å². The van der Waals surface area contributed by atoms with Crippen LogP contribution in [0.5, 0.6) is 0 Å². The summed E-state index contributed by atoms with van der Waals surface area (Å²) in [5.74, 6) is 0. The zero-order valence-electron chi connectivity index (χ0n) is 10.7. The smallest absolute Gasteiger partial charge is 0.105 e. The molecule has 0 radical (unpaired) electrons. The second-order valence-corrected chi connectivity index (χ2v) is 5.58. The van der Waals surface area contributed by atoms with Crippen molar-refractivity contribution in [1.82, 2.24) is 0 Å². The Balaban J connectivity index is 0.00000108. The van der Waals surface area contributed by atoms with Gasteiger partial charge in [0.15, 0.2) is 0 Å². The number of hydrogen-bond donors (Lipinski definition) is 0. The van der Waals surface area contributed by atoms with Gasteiger partial charge in [-0.1, -0.05) is 31.2 Å². The van der Waals surface area contributed by atoms with Gasteiger partial charge in [-0.15, -0.1) is 0 Å². The van der Waals surface area contributed by atoms with E-state index in [0.29, 0.717) is 0 Å². The van der Waals surface area contributed by atoms with Crippen molar-refractivity contribution in [3.63, 3.8) is 0 Å². The zero-order valence-corrected chi connectivity index (χ0v) is 12.2. The fraction of sp³-hybridized carbons (Fsp3) is 0.600. The lowest BCUT2D eigenvalue weighted by Gasteiger charge is -2.44. The first-order valence-corrected chi connectivity index (χ1v) is 6.76. The zero-order chi connectivity index (χ0) is 11.0. The first-order valence-electron chi connectivity index (χ1n) is 6.76. The minimum Gasteiger partial charge on any atom is -1.00 e. The van der Waals surface area contributed by atoms with E-state index in [1.165, 1.54) is 49.8 Å². The maximum absolute atomic E-state index is 2.37. The van der Waals surface area contributed by atoms with Gasteiger partial charge in [-0.25, -0.2) is 0 Å². The normalized spacial score (nSPS) is 25.4. The number of nitrogens with zero attached hydrogens (tertiary/aromatic N) is 1. The van der Waals surface area contributed by atoms with Crippen LogP contribution in [-0.2, 0) is 13.1 Å². The van der Waals surface area contributed by atoms with Crippen molar-refractivity contribution in [2.75, 3.05) is 6.54 Å². The molecule has 2 aliphatic heterocycles. The van der Waals surface area contributed by atoms with Crippen LogP contribution in [0, 0.1) is 0 Å². The first-order chi connectivity index (χ1) is 7.84. The van der Waals surface area contributed by atoms with Crippen molar-refractivity contribution in [2.24, 2.45) is 0 Å². The molecule has 1 spiro atoms. The number of rotatable bonds is 1. The van der Waals surface area contributed by atoms with Crippen LogP contribution in [-0.4, -0.2) is 17.1 Å². The second-order valence-electron chi connectivity index (χ2n) is 5.58. The Hall–Kier alpha value is -0.340. The average molecular weight is 296 g/mol. The maximum atomic E-state index is 2.37. The monoisotopic (exact) mass is 295 g/mol. The van der Waals surface area contributed by atoms with E-state index in [1.807, 2.05) is 0 Å². The molecule has 94 valence electrons. The molecule has 1 saturated heterocycles. The molecule has 0 aliphatic carbocycles. The molecular weight excluding hydrogens is 274 g/mol. The molecule has 2 aliphatic rings. The summed E-state index contributed by atoms with van der Waals surface area (Å²) in [6, 6.07) is 9.99. The van der Waals surface area contributed by atoms with E-state index in [9.17, 15) is 0 Å². The Kier molecular flexibility index (Phi) is 3.94. The van der Waals surface area contributed by atoms with Crippen molar-refractivity contribution < 1.29 is 21.5 Å². The lowest BCUT2D eigenvalue weighted by molar-refractivity contribution is -0.974. The summed E-state index contributed by atoms with van der Waals surface area (Å²) in [7, 11) is 0. The van der Waals surface area contributed by atoms with Crippen molar-refractivity contribution in [3.05, 3.63) is 35.4 Å². The standard InChI is InChI=1S/C15H22N.BrH/c1-2-15-9-5-6-10-16(15)11-13-7-3-4-8-14(13)12-16;/h3-4,7-8,15H,2,5-6,9-12H2,1H3;1H/q+1;/p-1. The predicted molar refractivity (Wildman–Crippen MR) is 66.9 cm³/mol.